The van der Waals surface area contributed by atoms with Crippen molar-refractivity contribution in [2.24, 2.45) is 11.8 Å². The number of benzene rings is 2. The van der Waals surface area contributed by atoms with Crippen molar-refractivity contribution < 1.29 is 5.11 Å². The fourth-order valence-corrected chi connectivity index (χ4v) is 9.04. The van der Waals surface area contributed by atoms with Crippen molar-refractivity contribution in [1.82, 2.24) is 24.7 Å². The minimum atomic E-state index is 0.284. The van der Waals surface area contributed by atoms with Crippen molar-refractivity contribution in [2.45, 2.75) is 56.7 Å². The van der Waals surface area contributed by atoms with Crippen molar-refractivity contribution in [3.63, 3.8) is 0 Å². The molecule has 6 heteroatoms. The molecule has 0 amide bonds. The number of nitrogens with one attached hydrogen (secondary N) is 2. The number of phenols is 1. The SMILES string of the molecule is C=CC1CN2CCc3c([nH]c4c([C@@H]5CCCN5C)c(O)ccc34)[C@@H]2C[C@@H]1C[C@H]1c2[nH]c3ccccc3c2CCN1C. The van der Waals surface area contributed by atoms with Gasteiger partial charge in [0, 0.05) is 58.9 Å². The molecule has 2 saturated heterocycles. The van der Waals surface area contributed by atoms with Crippen molar-refractivity contribution in [2.75, 3.05) is 40.3 Å². The smallest absolute Gasteiger partial charge is 0.122 e. The Bertz CT molecular complexity index is 1630. The molecule has 0 saturated carbocycles. The molecule has 41 heavy (non-hydrogen) atoms. The van der Waals surface area contributed by atoms with Crippen LogP contribution in [0.2, 0.25) is 0 Å². The molecule has 214 valence electrons. The zero-order chi connectivity index (χ0) is 27.8. The maximum atomic E-state index is 11.1. The number of likely N-dealkylation sites (N-methyl/N-ethyl adjacent to an activating group) is 1. The first-order valence-corrected chi connectivity index (χ1v) is 15.7. The lowest BCUT2D eigenvalue weighted by Crippen LogP contribution is -2.46. The highest BCUT2D eigenvalue weighted by molar-refractivity contribution is 5.90. The van der Waals surface area contributed by atoms with E-state index in [1.54, 1.807) is 0 Å². The van der Waals surface area contributed by atoms with Gasteiger partial charge in [0.2, 0.25) is 0 Å². The largest absolute Gasteiger partial charge is 0.508 e. The molecule has 3 N–H and O–H groups in total. The number of hydrogen-bond acceptors (Lipinski definition) is 4. The van der Waals surface area contributed by atoms with Gasteiger partial charge in [0.1, 0.15) is 5.75 Å². The molecule has 0 aliphatic carbocycles. The van der Waals surface area contributed by atoms with Gasteiger partial charge in [-0.05, 0) is 100 Å². The van der Waals surface area contributed by atoms with Gasteiger partial charge in [0.25, 0.3) is 0 Å². The van der Waals surface area contributed by atoms with E-state index >= 15 is 0 Å². The second-order valence-corrected chi connectivity index (χ2v) is 13.3. The van der Waals surface area contributed by atoms with Crippen molar-refractivity contribution >= 4 is 21.8 Å². The summed E-state index contributed by atoms with van der Waals surface area (Å²) in [5.41, 5.74) is 9.38. The summed E-state index contributed by atoms with van der Waals surface area (Å²) in [5, 5.41) is 13.8. The van der Waals surface area contributed by atoms with Gasteiger partial charge in [-0.15, -0.1) is 6.58 Å². The Balaban J connectivity index is 1.15. The number of nitrogens with zero attached hydrogens (tertiary/aromatic N) is 3. The Morgan fingerprint density at radius 2 is 1.76 bits per heavy atom. The van der Waals surface area contributed by atoms with Crippen LogP contribution >= 0.6 is 0 Å². The third-order valence-electron chi connectivity index (χ3n) is 11.2. The summed E-state index contributed by atoms with van der Waals surface area (Å²) in [6.07, 6.45) is 8.99. The molecule has 5 atom stereocenters. The Labute approximate surface area is 243 Å². The predicted molar refractivity (Wildman–Crippen MR) is 166 cm³/mol. The molecule has 6 nitrogen and oxygen atoms in total. The van der Waals surface area contributed by atoms with Crippen molar-refractivity contribution in [3.05, 3.63) is 77.1 Å². The summed E-state index contributed by atoms with van der Waals surface area (Å²) >= 11 is 0. The average Bonchev–Trinajstić information content (AvgIpc) is 3.69. The summed E-state index contributed by atoms with van der Waals surface area (Å²) in [7, 11) is 4.50. The van der Waals surface area contributed by atoms with Crippen LogP contribution in [0.5, 0.6) is 5.75 Å². The van der Waals surface area contributed by atoms with Crippen LogP contribution in [0.1, 0.15) is 71.9 Å². The van der Waals surface area contributed by atoms with E-state index < -0.39 is 0 Å². The first kappa shape index (κ1) is 25.6. The lowest BCUT2D eigenvalue weighted by molar-refractivity contribution is 0.0515. The Kier molecular flexibility index (Phi) is 6.10. The van der Waals surface area contributed by atoms with Gasteiger partial charge in [-0.1, -0.05) is 24.3 Å². The number of likely N-dealkylation sites (tertiary alicyclic amines) is 1. The standard InChI is InChI=1S/C35H43N5O/c1-4-21-20-40-17-14-26-24-11-12-31(41)32(28-10-7-15-38(28)2)35(24)37-34(26)30(40)19-22(21)18-29-33-25(13-16-39(29)3)23-8-5-6-9-27(23)36-33/h4-6,8-9,11-12,21-22,28-30,36-37,41H,1,7,10,13-20H2,2-3H3/t21?,22-,28-,29-,30-/m0/s1. The number of aromatic hydroxyl groups is 1. The topological polar surface area (TPSA) is 61.5 Å². The van der Waals surface area contributed by atoms with E-state index in [1.165, 1.54) is 50.7 Å². The minimum Gasteiger partial charge on any atom is -0.508 e. The summed E-state index contributed by atoms with van der Waals surface area (Å²) in [6.45, 7) is 8.70. The molecule has 0 spiro atoms. The van der Waals surface area contributed by atoms with E-state index in [-0.39, 0.29) is 6.04 Å². The maximum Gasteiger partial charge on any atom is 0.122 e. The van der Waals surface area contributed by atoms with Gasteiger partial charge in [0.15, 0.2) is 0 Å². The van der Waals surface area contributed by atoms with Crippen LogP contribution in [0, 0.1) is 11.8 Å². The molecule has 1 unspecified atom stereocenters. The lowest BCUT2D eigenvalue weighted by atomic mass is 9.74. The predicted octanol–water partition coefficient (Wildman–Crippen LogP) is 6.46. The Morgan fingerprint density at radius 3 is 2.59 bits per heavy atom. The molecule has 6 heterocycles. The first-order valence-electron chi connectivity index (χ1n) is 15.7. The van der Waals surface area contributed by atoms with Crippen LogP contribution in [-0.4, -0.2) is 70.0 Å². The van der Waals surface area contributed by atoms with Crippen molar-refractivity contribution in [3.8, 4) is 5.75 Å². The van der Waals surface area contributed by atoms with E-state index in [0.717, 1.165) is 63.8 Å². The highest BCUT2D eigenvalue weighted by Gasteiger charge is 2.42. The number of para-hydroxylation sites is 1. The number of fused-ring (bicyclic) bond motifs is 8. The monoisotopic (exact) mass is 549 g/mol. The molecular formula is C35H43N5O. The van der Waals surface area contributed by atoms with E-state index in [4.69, 9.17) is 0 Å². The second kappa shape index (κ2) is 9.75. The van der Waals surface area contributed by atoms with E-state index in [0.29, 0.717) is 29.7 Å². The third-order valence-corrected chi connectivity index (χ3v) is 11.2. The fourth-order valence-electron chi connectivity index (χ4n) is 9.04. The quantitative estimate of drug-likeness (QED) is 0.256. The van der Waals surface area contributed by atoms with Gasteiger partial charge in [-0.25, -0.2) is 0 Å². The number of H-pyrrole nitrogens is 2. The van der Waals surface area contributed by atoms with Gasteiger partial charge >= 0.3 is 0 Å². The average molecular weight is 550 g/mol. The highest BCUT2D eigenvalue weighted by Crippen LogP contribution is 2.49. The number of piperidine rings is 1. The van der Waals surface area contributed by atoms with Crippen LogP contribution in [-0.2, 0) is 12.8 Å². The van der Waals surface area contributed by atoms with Gasteiger partial charge in [-0.3, -0.25) is 14.7 Å². The molecule has 4 aliphatic heterocycles. The lowest BCUT2D eigenvalue weighted by Gasteiger charge is -2.47. The number of aromatic nitrogens is 2. The van der Waals surface area contributed by atoms with Crippen LogP contribution in [0.15, 0.2) is 49.1 Å². The molecule has 0 bridgehead atoms. The van der Waals surface area contributed by atoms with E-state index in [9.17, 15) is 5.11 Å². The molecule has 2 aromatic heterocycles. The van der Waals surface area contributed by atoms with Crippen molar-refractivity contribution in [1.29, 1.82) is 0 Å². The van der Waals surface area contributed by atoms with Crippen LogP contribution < -0.4 is 0 Å². The van der Waals surface area contributed by atoms with Gasteiger partial charge < -0.3 is 15.1 Å². The molecular weight excluding hydrogens is 506 g/mol. The van der Waals surface area contributed by atoms with Crippen LogP contribution in [0.4, 0.5) is 0 Å². The Morgan fingerprint density at radius 1 is 0.927 bits per heavy atom. The van der Waals surface area contributed by atoms with E-state index in [1.807, 2.05) is 6.07 Å². The molecule has 2 fully saturated rings. The number of phenolic OH excluding ortho intramolecular Hbond substituents is 1. The fraction of sp³-hybridized carbons (Fsp3) is 0.486. The third kappa shape index (κ3) is 3.94. The summed E-state index contributed by atoms with van der Waals surface area (Å²) in [4.78, 5) is 15.5. The number of hydrogen-bond donors (Lipinski definition) is 3. The molecule has 4 aliphatic rings. The van der Waals surface area contributed by atoms with Gasteiger partial charge in [0.05, 0.1) is 17.6 Å². The normalized spacial score (nSPS) is 29.1. The zero-order valence-corrected chi connectivity index (χ0v) is 24.5. The minimum absolute atomic E-state index is 0.284. The maximum absolute atomic E-state index is 11.1. The number of aromatic amines is 2. The molecule has 4 aromatic rings. The molecule has 0 radical (unpaired) electrons. The molecule has 8 rings (SSSR count). The summed E-state index contributed by atoms with van der Waals surface area (Å²) in [5.74, 6) is 1.49. The van der Waals surface area contributed by atoms with E-state index in [2.05, 4.69) is 81.7 Å². The molecule has 2 aromatic carbocycles. The summed E-state index contributed by atoms with van der Waals surface area (Å²) < 4.78 is 0. The highest BCUT2D eigenvalue weighted by atomic mass is 16.3. The summed E-state index contributed by atoms with van der Waals surface area (Å²) in [6, 6.07) is 14.0. The second-order valence-electron chi connectivity index (χ2n) is 13.3. The number of rotatable bonds is 4. The van der Waals surface area contributed by atoms with Crippen LogP contribution in [0.25, 0.3) is 21.8 Å². The van der Waals surface area contributed by atoms with Gasteiger partial charge in [-0.2, -0.15) is 0 Å². The Hall–Kier alpha value is -3.06. The first-order chi connectivity index (χ1) is 20.0. The van der Waals surface area contributed by atoms with Crippen LogP contribution in [0.3, 0.4) is 0 Å². The zero-order valence-electron chi connectivity index (χ0n) is 24.5.